The van der Waals surface area contributed by atoms with Crippen molar-refractivity contribution in [2.24, 2.45) is 5.84 Å². The van der Waals surface area contributed by atoms with E-state index < -0.39 is 0 Å². The molecule has 0 aliphatic heterocycles. The summed E-state index contributed by atoms with van der Waals surface area (Å²) in [6, 6.07) is 6.79. The van der Waals surface area contributed by atoms with Crippen LogP contribution in [0.3, 0.4) is 0 Å². The monoisotopic (exact) mass is 286 g/mol. The Kier molecular flexibility index (Phi) is 6.79. The average molecular weight is 286 g/mol. The quantitative estimate of drug-likeness (QED) is 0.438. The maximum absolute atomic E-state index is 13.1. The van der Waals surface area contributed by atoms with Gasteiger partial charge in [-0.15, -0.1) is 11.8 Å². The van der Waals surface area contributed by atoms with E-state index in [4.69, 9.17) is 10.6 Å². The second kappa shape index (κ2) is 7.85. The lowest BCUT2D eigenvalue weighted by atomic mass is 10.00. The maximum Gasteiger partial charge on any atom is 0.124 e. The Morgan fingerprint density at radius 2 is 2.21 bits per heavy atom. The number of nitrogens with two attached hydrogens (primary N) is 1. The van der Waals surface area contributed by atoms with Gasteiger partial charge in [0.25, 0.3) is 0 Å². The highest BCUT2D eigenvalue weighted by atomic mass is 32.2. The SMILES string of the molecule is COC(C)(C)CCC(CSc1cccc(F)c1)NN. The van der Waals surface area contributed by atoms with Gasteiger partial charge in [-0.1, -0.05) is 6.07 Å². The summed E-state index contributed by atoms with van der Waals surface area (Å²) in [6.45, 7) is 4.11. The van der Waals surface area contributed by atoms with Crippen molar-refractivity contribution >= 4 is 11.8 Å². The van der Waals surface area contributed by atoms with E-state index in [-0.39, 0.29) is 17.5 Å². The zero-order valence-corrected chi connectivity index (χ0v) is 12.6. The Balaban J connectivity index is 2.40. The molecule has 1 aromatic carbocycles. The molecule has 3 N–H and O–H groups in total. The van der Waals surface area contributed by atoms with Gasteiger partial charge in [0.2, 0.25) is 0 Å². The Morgan fingerprint density at radius 3 is 2.79 bits per heavy atom. The van der Waals surface area contributed by atoms with Crippen LogP contribution in [-0.4, -0.2) is 24.5 Å². The van der Waals surface area contributed by atoms with E-state index >= 15 is 0 Å². The molecule has 5 heteroatoms. The molecule has 0 radical (unpaired) electrons. The van der Waals surface area contributed by atoms with Crippen LogP contribution in [0.15, 0.2) is 29.2 Å². The second-order valence-electron chi connectivity index (χ2n) is 5.13. The zero-order chi connectivity index (χ0) is 14.3. The third-order valence-corrected chi connectivity index (χ3v) is 4.29. The first-order valence-electron chi connectivity index (χ1n) is 6.36. The van der Waals surface area contributed by atoms with E-state index in [2.05, 4.69) is 19.3 Å². The summed E-state index contributed by atoms with van der Waals surface area (Å²) < 4.78 is 18.4. The van der Waals surface area contributed by atoms with Gasteiger partial charge in [0.05, 0.1) is 5.60 Å². The molecule has 0 spiro atoms. The summed E-state index contributed by atoms with van der Waals surface area (Å²) >= 11 is 1.60. The molecule has 0 bridgehead atoms. The number of nitrogens with one attached hydrogen (secondary N) is 1. The lowest BCUT2D eigenvalue weighted by molar-refractivity contribution is 0.0122. The van der Waals surface area contributed by atoms with E-state index in [1.54, 1.807) is 24.9 Å². The lowest BCUT2D eigenvalue weighted by Gasteiger charge is -2.25. The Morgan fingerprint density at radius 1 is 1.47 bits per heavy atom. The lowest BCUT2D eigenvalue weighted by Crippen LogP contribution is -2.38. The van der Waals surface area contributed by atoms with Gasteiger partial charge < -0.3 is 4.74 Å². The predicted molar refractivity (Wildman–Crippen MR) is 78.6 cm³/mol. The molecule has 1 atom stereocenters. The molecule has 0 amide bonds. The van der Waals surface area contributed by atoms with Gasteiger partial charge in [-0.2, -0.15) is 0 Å². The van der Waals surface area contributed by atoms with Crippen molar-refractivity contribution in [1.82, 2.24) is 5.43 Å². The topological polar surface area (TPSA) is 47.3 Å². The fourth-order valence-corrected chi connectivity index (χ4v) is 2.62. The van der Waals surface area contributed by atoms with Crippen LogP contribution in [0.4, 0.5) is 4.39 Å². The first kappa shape index (κ1) is 16.4. The van der Waals surface area contributed by atoms with Crippen molar-refractivity contribution in [2.75, 3.05) is 12.9 Å². The van der Waals surface area contributed by atoms with E-state index in [1.165, 1.54) is 12.1 Å². The highest BCUT2D eigenvalue weighted by molar-refractivity contribution is 7.99. The summed E-state index contributed by atoms with van der Waals surface area (Å²) in [6.07, 6.45) is 1.84. The molecule has 0 saturated heterocycles. The standard InChI is InChI=1S/C14H23FN2OS/c1-14(2,18-3)8-7-12(17-16)10-19-13-6-4-5-11(15)9-13/h4-6,9,12,17H,7-8,10,16H2,1-3H3. The molecule has 1 unspecified atom stereocenters. The molecule has 0 saturated carbocycles. The second-order valence-corrected chi connectivity index (χ2v) is 6.23. The van der Waals surface area contributed by atoms with E-state index in [9.17, 15) is 4.39 Å². The van der Waals surface area contributed by atoms with Gasteiger partial charge in [-0.3, -0.25) is 11.3 Å². The van der Waals surface area contributed by atoms with Crippen LogP contribution >= 0.6 is 11.8 Å². The largest absolute Gasteiger partial charge is 0.379 e. The molecular weight excluding hydrogens is 263 g/mol. The molecule has 0 aromatic heterocycles. The third kappa shape index (κ3) is 6.38. The van der Waals surface area contributed by atoms with Crippen LogP contribution in [0.2, 0.25) is 0 Å². The van der Waals surface area contributed by atoms with Crippen LogP contribution in [0, 0.1) is 5.82 Å². The van der Waals surface area contributed by atoms with Crippen molar-refractivity contribution in [3.05, 3.63) is 30.1 Å². The van der Waals surface area contributed by atoms with E-state index in [1.807, 2.05) is 6.07 Å². The van der Waals surface area contributed by atoms with Crippen molar-refractivity contribution in [3.63, 3.8) is 0 Å². The number of hydrazine groups is 1. The van der Waals surface area contributed by atoms with Crippen molar-refractivity contribution in [3.8, 4) is 0 Å². The van der Waals surface area contributed by atoms with Crippen molar-refractivity contribution in [1.29, 1.82) is 0 Å². The summed E-state index contributed by atoms with van der Waals surface area (Å²) in [5, 5.41) is 0. The van der Waals surface area contributed by atoms with Gasteiger partial charge in [0.15, 0.2) is 0 Å². The summed E-state index contributed by atoms with van der Waals surface area (Å²) in [7, 11) is 1.71. The van der Waals surface area contributed by atoms with Crippen LogP contribution in [0.5, 0.6) is 0 Å². The zero-order valence-electron chi connectivity index (χ0n) is 11.8. The van der Waals surface area contributed by atoms with Gasteiger partial charge >= 0.3 is 0 Å². The van der Waals surface area contributed by atoms with Gasteiger partial charge in [-0.25, -0.2) is 4.39 Å². The minimum atomic E-state index is -0.206. The first-order valence-corrected chi connectivity index (χ1v) is 7.35. The molecule has 0 aliphatic rings. The minimum Gasteiger partial charge on any atom is -0.379 e. The molecule has 3 nitrogen and oxygen atoms in total. The molecular formula is C14H23FN2OS. The number of hydrogen-bond acceptors (Lipinski definition) is 4. The van der Waals surface area contributed by atoms with E-state index in [0.717, 1.165) is 23.5 Å². The number of halogens is 1. The minimum absolute atomic E-state index is 0.140. The first-order chi connectivity index (χ1) is 8.96. The van der Waals surface area contributed by atoms with Crippen LogP contribution in [0.25, 0.3) is 0 Å². The summed E-state index contributed by atoms with van der Waals surface area (Å²) in [5.74, 6) is 6.16. The Labute approximate surface area is 119 Å². The van der Waals surface area contributed by atoms with E-state index in [0.29, 0.717) is 0 Å². The molecule has 1 rings (SSSR count). The Hall–Kier alpha value is -0.620. The average Bonchev–Trinajstić information content (AvgIpc) is 2.39. The van der Waals surface area contributed by atoms with Gasteiger partial charge in [0, 0.05) is 23.8 Å². The molecule has 1 aromatic rings. The van der Waals surface area contributed by atoms with Crippen LogP contribution < -0.4 is 11.3 Å². The van der Waals surface area contributed by atoms with Crippen molar-refractivity contribution < 1.29 is 9.13 Å². The highest BCUT2D eigenvalue weighted by Gasteiger charge is 2.18. The number of rotatable bonds is 8. The number of ether oxygens (including phenoxy) is 1. The third-order valence-electron chi connectivity index (χ3n) is 3.13. The Bertz CT molecular complexity index is 387. The molecule has 0 fully saturated rings. The summed E-state index contributed by atoms with van der Waals surface area (Å²) in [4.78, 5) is 0.922. The molecule has 0 heterocycles. The van der Waals surface area contributed by atoms with Crippen molar-refractivity contribution in [2.45, 2.75) is 43.2 Å². The number of hydrogen-bond donors (Lipinski definition) is 2. The normalized spacial score (nSPS) is 13.5. The maximum atomic E-state index is 13.1. The predicted octanol–water partition coefficient (Wildman–Crippen LogP) is 2.95. The molecule has 19 heavy (non-hydrogen) atoms. The number of thioether (sulfide) groups is 1. The highest BCUT2D eigenvalue weighted by Crippen LogP contribution is 2.22. The molecule has 0 aliphatic carbocycles. The number of benzene rings is 1. The van der Waals surface area contributed by atoms with Gasteiger partial charge in [0.1, 0.15) is 5.82 Å². The molecule has 108 valence electrons. The van der Waals surface area contributed by atoms with Crippen LogP contribution in [-0.2, 0) is 4.74 Å². The number of methoxy groups -OCH3 is 1. The smallest absolute Gasteiger partial charge is 0.124 e. The van der Waals surface area contributed by atoms with Crippen LogP contribution in [0.1, 0.15) is 26.7 Å². The fraction of sp³-hybridized carbons (Fsp3) is 0.571. The summed E-state index contributed by atoms with van der Waals surface area (Å²) in [5.41, 5.74) is 2.67. The fourth-order valence-electron chi connectivity index (χ4n) is 1.59. The van der Waals surface area contributed by atoms with Gasteiger partial charge in [-0.05, 0) is 44.9 Å².